The lowest BCUT2D eigenvalue weighted by Gasteiger charge is -2.42. The molecule has 47 heavy (non-hydrogen) atoms. The largest absolute Gasteiger partial charge is 0.309 e. The highest BCUT2D eigenvalue weighted by atomic mass is 15.3. The molecule has 0 fully saturated rings. The average Bonchev–Trinajstić information content (AvgIpc) is 3.49. The van der Waals surface area contributed by atoms with Crippen LogP contribution in [0.15, 0.2) is 176 Å². The Bertz CT molecular complexity index is 2580. The van der Waals surface area contributed by atoms with E-state index in [0.717, 1.165) is 28.4 Å². The van der Waals surface area contributed by atoms with Crippen molar-refractivity contribution in [2.75, 3.05) is 9.80 Å². The van der Waals surface area contributed by atoms with E-state index in [0.29, 0.717) is 0 Å². The number of aromatic nitrogens is 1. The molecule has 0 radical (unpaired) electrons. The van der Waals surface area contributed by atoms with Gasteiger partial charge in [0.15, 0.2) is 0 Å². The first-order valence-corrected chi connectivity index (χ1v) is 16.1. The molecule has 0 spiro atoms. The Labute approximate surface area is 272 Å². The van der Waals surface area contributed by atoms with Crippen LogP contribution in [0.5, 0.6) is 0 Å². The number of rotatable bonds is 3. The molecule has 1 aliphatic rings. The van der Waals surface area contributed by atoms with Crippen LogP contribution in [-0.2, 0) is 0 Å². The zero-order valence-electron chi connectivity index (χ0n) is 25.6. The molecule has 1 aromatic heterocycles. The lowest BCUT2D eigenvalue weighted by atomic mass is 9.93. The minimum atomic E-state index is 1.12. The summed E-state index contributed by atoms with van der Waals surface area (Å²) in [6.07, 6.45) is 0. The van der Waals surface area contributed by atoms with Crippen molar-refractivity contribution in [3.8, 4) is 5.69 Å². The maximum absolute atomic E-state index is 2.47. The van der Waals surface area contributed by atoms with Crippen molar-refractivity contribution in [3.63, 3.8) is 0 Å². The molecule has 220 valence electrons. The van der Waals surface area contributed by atoms with Crippen molar-refractivity contribution in [1.82, 2.24) is 4.57 Å². The molecule has 0 bridgehead atoms. The molecule has 0 saturated carbocycles. The van der Waals surface area contributed by atoms with Gasteiger partial charge >= 0.3 is 0 Å². The Hall–Kier alpha value is -6.32. The number of hydrogen-bond donors (Lipinski definition) is 0. The van der Waals surface area contributed by atoms with Crippen molar-refractivity contribution in [2.24, 2.45) is 0 Å². The van der Waals surface area contributed by atoms with Crippen molar-refractivity contribution in [1.29, 1.82) is 0 Å². The van der Waals surface area contributed by atoms with Gasteiger partial charge in [-0.1, -0.05) is 115 Å². The van der Waals surface area contributed by atoms with Gasteiger partial charge in [-0.15, -0.1) is 0 Å². The molecular weight excluding hydrogens is 571 g/mol. The third kappa shape index (κ3) is 3.74. The molecule has 2 heterocycles. The van der Waals surface area contributed by atoms with Crippen LogP contribution in [0.1, 0.15) is 0 Å². The SMILES string of the molecule is c1ccc(N2c3ccccc3N(c3ccc(-n4c5ccccc5c5ccccc54)cc3)c3c2c2ccccc2c2ccccc32)cc1. The van der Waals surface area contributed by atoms with E-state index in [1.54, 1.807) is 0 Å². The first-order valence-electron chi connectivity index (χ1n) is 16.1. The summed E-state index contributed by atoms with van der Waals surface area (Å²) in [4.78, 5) is 4.91. The number of para-hydroxylation sites is 5. The fourth-order valence-corrected chi connectivity index (χ4v) is 7.70. The van der Waals surface area contributed by atoms with Crippen LogP contribution >= 0.6 is 0 Å². The van der Waals surface area contributed by atoms with Gasteiger partial charge in [-0.2, -0.15) is 0 Å². The van der Waals surface area contributed by atoms with E-state index in [1.807, 2.05) is 0 Å². The molecule has 0 unspecified atom stereocenters. The fraction of sp³-hybridized carbons (Fsp3) is 0. The number of benzene rings is 8. The molecule has 3 heteroatoms. The molecule has 1 aliphatic heterocycles. The molecule has 10 rings (SSSR count). The summed E-state index contributed by atoms with van der Waals surface area (Å²) in [7, 11) is 0. The maximum atomic E-state index is 2.47. The van der Waals surface area contributed by atoms with Gasteiger partial charge in [-0.25, -0.2) is 0 Å². The summed E-state index contributed by atoms with van der Waals surface area (Å²) >= 11 is 0. The highest BCUT2D eigenvalue weighted by molar-refractivity contribution is 6.25. The second-order valence-electron chi connectivity index (χ2n) is 12.2. The van der Waals surface area contributed by atoms with Crippen molar-refractivity contribution < 1.29 is 0 Å². The lowest BCUT2D eigenvalue weighted by molar-refractivity contribution is 1.16. The summed E-state index contributed by atoms with van der Waals surface area (Å²) in [5.41, 5.74) is 10.5. The van der Waals surface area contributed by atoms with Gasteiger partial charge in [0.25, 0.3) is 0 Å². The summed E-state index contributed by atoms with van der Waals surface area (Å²) < 4.78 is 2.38. The van der Waals surface area contributed by atoms with Gasteiger partial charge < -0.3 is 14.4 Å². The van der Waals surface area contributed by atoms with Crippen molar-refractivity contribution >= 4 is 77.5 Å². The van der Waals surface area contributed by atoms with E-state index in [1.165, 1.54) is 54.7 Å². The molecule has 9 aromatic rings. The minimum absolute atomic E-state index is 1.12. The minimum Gasteiger partial charge on any atom is -0.309 e. The van der Waals surface area contributed by atoms with E-state index in [-0.39, 0.29) is 0 Å². The Kier molecular flexibility index (Phi) is 5.57. The van der Waals surface area contributed by atoms with E-state index in [9.17, 15) is 0 Å². The zero-order chi connectivity index (χ0) is 30.9. The molecule has 0 saturated heterocycles. The third-order valence-corrected chi connectivity index (χ3v) is 9.65. The van der Waals surface area contributed by atoms with Crippen LogP contribution in [-0.4, -0.2) is 4.57 Å². The van der Waals surface area contributed by atoms with E-state index < -0.39 is 0 Å². The van der Waals surface area contributed by atoms with E-state index in [4.69, 9.17) is 0 Å². The van der Waals surface area contributed by atoms with Gasteiger partial charge in [0.05, 0.1) is 33.8 Å². The molecular formula is C44H29N3. The molecule has 0 aliphatic carbocycles. The standard InChI is InChI=1S/C44H29N3/c1-2-14-30(15-3-1)46-41-24-12-13-25-42(41)47(44-38-21-7-5-17-34(38)33-16-4-6-20-37(33)43(44)46)32-28-26-31(27-29-32)45-39-22-10-8-18-35(39)36-19-9-11-23-40(36)45/h1-29H. The van der Waals surface area contributed by atoms with Crippen molar-refractivity contribution in [2.45, 2.75) is 0 Å². The first-order chi connectivity index (χ1) is 23.4. The van der Waals surface area contributed by atoms with Crippen LogP contribution in [0.4, 0.5) is 34.1 Å². The average molecular weight is 600 g/mol. The van der Waals surface area contributed by atoms with E-state index in [2.05, 4.69) is 190 Å². The van der Waals surface area contributed by atoms with Gasteiger partial charge in [-0.05, 0) is 71.4 Å². The second-order valence-corrected chi connectivity index (χ2v) is 12.2. The number of anilines is 6. The van der Waals surface area contributed by atoms with Crippen LogP contribution < -0.4 is 9.80 Å². The van der Waals surface area contributed by atoms with Crippen LogP contribution in [0.3, 0.4) is 0 Å². The van der Waals surface area contributed by atoms with Gasteiger partial charge in [0, 0.05) is 38.6 Å². The molecule has 8 aromatic carbocycles. The highest BCUT2D eigenvalue weighted by Gasteiger charge is 2.33. The number of nitrogens with zero attached hydrogens (tertiary/aromatic N) is 3. The zero-order valence-corrected chi connectivity index (χ0v) is 25.6. The predicted octanol–water partition coefficient (Wildman–Crippen LogP) is 12.3. The molecule has 0 N–H and O–H groups in total. The molecule has 3 nitrogen and oxygen atoms in total. The predicted molar refractivity (Wildman–Crippen MR) is 199 cm³/mol. The Balaban J connectivity index is 1.26. The number of hydrogen-bond acceptors (Lipinski definition) is 2. The molecule has 0 amide bonds. The Morgan fingerprint density at radius 3 is 1.13 bits per heavy atom. The smallest absolute Gasteiger partial charge is 0.0788 e. The second kappa shape index (κ2) is 10.1. The van der Waals surface area contributed by atoms with Crippen molar-refractivity contribution in [3.05, 3.63) is 176 Å². The monoisotopic (exact) mass is 599 g/mol. The summed E-state index contributed by atoms with van der Waals surface area (Å²) in [5, 5.41) is 7.50. The summed E-state index contributed by atoms with van der Waals surface area (Å²) in [5.74, 6) is 0. The van der Waals surface area contributed by atoms with Crippen LogP contribution in [0, 0.1) is 0 Å². The van der Waals surface area contributed by atoms with Gasteiger partial charge in [0.2, 0.25) is 0 Å². The topological polar surface area (TPSA) is 11.4 Å². The summed E-state index contributed by atoms with van der Waals surface area (Å²) in [6, 6.07) is 63.7. The van der Waals surface area contributed by atoms with Gasteiger partial charge in [0.1, 0.15) is 0 Å². The maximum Gasteiger partial charge on any atom is 0.0788 e. The lowest BCUT2D eigenvalue weighted by Crippen LogP contribution is -2.24. The quantitative estimate of drug-likeness (QED) is 0.187. The first kappa shape index (κ1) is 26.0. The number of fused-ring (bicyclic) bond motifs is 10. The highest BCUT2D eigenvalue weighted by Crippen LogP contribution is 2.58. The Morgan fingerprint density at radius 1 is 0.255 bits per heavy atom. The Morgan fingerprint density at radius 2 is 0.617 bits per heavy atom. The van der Waals surface area contributed by atoms with Crippen LogP contribution in [0.25, 0.3) is 49.0 Å². The van der Waals surface area contributed by atoms with Gasteiger partial charge in [-0.3, -0.25) is 0 Å². The molecule has 0 atom stereocenters. The summed E-state index contributed by atoms with van der Waals surface area (Å²) in [6.45, 7) is 0. The normalized spacial score (nSPS) is 12.6. The fourth-order valence-electron chi connectivity index (χ4n) is 7.70. The third-order valence-electron chi connectivity index (χ3n) is 9.65. The van der Waals surface area contributed by atoms with Crippen LogP contribution in [0.2, 0.25) is 0 Å². The van der Waals surface area contributed by atoms with E-state index >= 15 is 0 Å².